The van der Waals surface area contributed by atoms with E-state index >= 15 is 0 Å². The Morgan fingerprint density at radius 1 is 1.20 bits per heavy atom. The van der Waals surface area contributed by atoms with Crippen LogP contribution >= 0.6 is 0 Å². The van der Waals surface area contributed by atoms with E-state index in [1.165, 1.54) is 12.0 Å². The van der Waals surface area contributed by atoms with Crippen molar-refractivity contribution in [3.05, 3.63) is 29.3 Å². The first-order valence-corrected chi connectivity index (χ1v) is 7.76. The fourth-order valence-electron chi connectivity index (χ4n) is 3.63. The summed E-state index contributed by atoms with van der Waals surface area (Å²) in [6, 6.07) is 6.49. The van der Waals surface area contributed by atoms with Gasteiger partial charge in [0.1, 0.15) is 5.75 Å². The second-order valence-electron chi connectivity index (χ2n) is 8.04. The molecule has 1 aliphatic rings. The van der Waals surface area contributed by atoms with E-state index in [-0.39, 0.29) is 5.41 Å². The Balaban J connectivity index is 2.30. The van der Waals surface area contributed by atoms with Crippen molar-refractivity contribution in [1.82, 2.24) is 5.32 Å². The molecule has 112 valence electrons. The highest BCUT2D eigenvalue weighted by atomic mass is 16.3. The summed E-state index contributed by atoms with van der Waals surface area (Å²) in [4.78, 5) is 0. The molecule has 1 fully saturated rings. The molecule has 0 saturated carbocycles. The monoisotopic (exact) mass is 275 g/mol. The Morgan fingerprint density at radius 2 is 1.90 bits per heavy atom. The van der Waals surface area contributed by atoms with Crippen molar-refractivity contribution >= 4 is 0 Å². The zero-order chi connectivity index (χ0) is 15.0. The Kier molecular flexibility index (Phi) is 4.15. The molecular weight excluding hydrogens is 246 g/mol. The summed E-state index contributed by atoms with van der Waals surface area (Å²) in [6.07, 6.45) is 3.44. The molecule has 1 aliphatic heterocycles. The van der Waals surface area contributed by atoms with Gasteiger partial charge in [-0.1, -0.05) is 40.7 Å². The van der Waals surface area contributed by atoms with Crippen LogP contribution in [0.15, 0.2) is 18.2 Å². The highest BCUT2D eigenvalue weighted by Gasteiger charge is 2.29. The van der Waals surface area contributed by atoms with Crippen molar-refractivity contribution < 1.29 is 5.11 Å². The van der Waals surface area contributed by atoms with Gasteiger partial charge in [0.05, 0.1) is 0 Å². The van der Waals surface area contributed by atoms with Crippen LogP contribution in [0.25, 0.3) is 0 Å². The van der Waals surface area contributed by atoms with Gasteiger partial charge in [-0.15, -0.1) is 0 Å². The Labute approximate surface area is 123 Å². The molecule has 1 heterocycles. The smallest absolute Gasteiger partial charge is 0.120 e. The molecular formula is C18H29NO. The third-order valence-corrected chi connectivity index (χ3v) is 4.22. The van der Waals surface area contributed by atoms with Crippen LogP contribution in [-0.2, 0) is 5.41 Å². The molecule has 2 heteroatoms. The second-order valence-corrected chi connectivity index (χ2v) is 8.04. The first kappa shape index (κ1) is 15.4. The number of hydrogen-bond acceptors (Lipinski definition) is 2. The van der Waals surface area contributed by atoms with Gasteiger partial charge in [0.25, 0.3) is 0 Å². The van der Waals surface area contributed by atoms with Gasteiger partial charge in [0.2, 0.25) is 0 Å². The largest absolute Gasteiger partial charge is 0.508 e. The molecule has 1 unspecified atom stereocenters. The molecule has 0 amide bonds. The van der Waals surface area contributed by atoms with E-state index in [0.29, 0.717) is 17.2 Å². The van der Waals surface area contributed by atoms with Crippen LogP contribution in [0.2, 0.25) is 0 Å². The van der Waals surface area contributed by atoms with E-state index < -0.39 is 0 Å². The van der Waals surface area contributed by atoms with Crippen molar-refractivity contribution in [3.8, 4) is 5.75 Å². The first-order chi connectivity index (χ1) is 9.19. The lowest BCUT2D eigenvalue weighted by Crippen LogP contribution is -2.25. The quantitative estimate of drug-likeness (QED) is 0.849. The average molecular weight is 275 g/mol. The molecule has 2 nitrogen and oxygen atoms in total. The average Bonchev–Trinajstić information content (AvgIpc) is 2.79. The summed E-state index contributed by atoms with van der Waals surface area (Å²) in [5.41, 5.74) is 2.82. The van der Waals surface area contributed by atoms with Gasteiger partial charge >= 0.3 is 0 Å². The molecule has 1 saturated heterocycles. The highest BCUT2D eigenvalue weighted by molar-refractivity contribution is 5.41. The first-order valence-electron chi connectivity index (χ1n) is 7.76. The summed E-state index contributed by atoms with van der Waals surface area (Å²) in [7, 11) is 0. The lowest BCUT2D eigenvalue weighted by Gasteiger charge is -2.33. The van der Waals surface area contributed by atoms with Crippen molar-refractivity contribution in [2.24, 2.45) is 5.41 Å². The normalized spacial score (nSPS) is 20.4. The maximum Gasteiger partial charge on any atom is 0.120 e. The van der Waals surface area contributed by atoms with Crippen LogP contribution in [0.1, 0.15) is 71.0 Å². The van der Waals surface area contributed by atoms with E-state index in [2.05, 4.69) is 52.1 Å². The minimum atomic E-state index is 0.124. The highest BCUT2D eigenvalue weighted by Crippen LogP contribution is 2.39. The number of hydrogen-bond donors (Lipinski definition) is 2. The van der Waals surface area contributed by atoms with Gasteiger partial charge in [0.15, 0.2) is 0 Å². The van der Waals surface area contributed by atoms with Crippen molar-refractivity contribution in [2.75, 3.05) is 6.54 Å². The maximum absolute atomic E-state index is 10.2. The molecule has 0 radical (unpaired) electrons. The predicted molar refractivity (Wildman–Crippen MR) is 85.2 cm³/mol. The van der Waals surface area contributed by atoms with Gasteiger partial charge < -0.3 is 10.4 Å². The number of phenolic OH excluding ortho intramolecular Hbond substituents is 1. The molecule has 20 heavy (non-hydrogen) atoms. The second kappa shape index (κ2) is 5.40. The van der Waals surface area contributed by atoms with Gasteiger partial charge in [0, 0.05) is 11.6 Å². The van der Waals surface area contributed by atoms with Crippen LogP contribution in [0.4, 0.5) is 0 Å². The summed E-state index contributed by atoms with van der Waals surface area (Å²) in [6.45, 7) is 12.5. The molecule has 1 aromatic carbocycles. The number of benzene rings is 1. The topological polar surface area (TPSA) is 32.3 Å². The number of phenols is 1. The van der Waals surface area contributed by atoms with Gasteiger partial charge in [-0.3, -0.25) is 0 Å². The summed E-state index contributed by atoms with van der Waals surface area (Å²) in [5, 5.41) is 13.6. The van der Waals surface area contributed by atoms with Crippen molar-refractivity contribution in [1.29, 1.82) is 0 Å². The Hall–Kier alpha value is -1.02. The molecule has 0 aromatic heterocycles. The molecule has 0 bridgehead atoms. The molecule has 1 aromatic rings. The van der Waals surface area contributed by atoms with E-state index in [1.54, 1.807) is 0 Å². The zero-order valence-electron chi connectivity index (χ0n) is 13.6. The third-order valence-electron chi connectivity index (χ3n) is 4.22. The van der Waals surface area contributed by atoms with Crippen LogP contribution in [0.3, 0.4) is 0 Å². The predicted octanol–water partition coefficient (Wildman–Crippen LogP) is 4.53. The van der Waals surface area contributed by atoms with Gasteiger partial charge in [-0.2, -0.15) is 0 Å². The van der Waals surface area contributed by atoms with Gasteiger partial charge in [-0.25, -0.2) is 0 Å². The SMILES string of the molecule is CC(C)(C)CC(C)(C)c1ccc(O)c(C2CCCN2)c1. The van der Waals surface area contributed by atoms with E-state index in [9.17, 15) is 5.11 Å². The number of aromatic hydroxyl groups is 1. The fraction of sp³-hybridized carbons (Fsp3) is 0.667. The van der Waals surface area contributed by atoms with E-state index in [4.69, 9.17) is 0 Å². The zero-order valence-corrected chi connectivity index (χ0v) is 13.6. The Bertz CT molecular complexity index is 465. The molecule has 0 aliphatic carbocycles. The Morgan fingerprint density at radius 3 is 2.45 bits per heavy atom. The van der Waals surface area contributed by atoms with Crippen LogP contribution in [0, 0.1) is 5.41 Å². The fourth-order valence-corrected chi connectivity index (χ4v) is 3.63. The molecule has 2 N–H and O–H groups in total. The van der Waals surface area contributed by atoms with Crippen LogP contribution in [0.5, 0.6) is 5.75 Å². The van der Waals surface area contributed by atoms with Crippen LogP contribution in [-0.4, -0.2) is 11.7 Å². The summed E-state index contributed by atoms with van der Waals surface area (Å²) < 4.78 is 0. The third kappa shape index (κ3) is 3.54. The summed E-state index contributed by atoms with van der Waals surface area (Å²) >= 11 is 0. The molecule has 0 spiro atoms. The van der Waals surface area contributed by atoms with Crippen LogP contribution < -0.4 is 5.32 Å². The molecule has 1 atom stereocenters. The minimum absolute atomic E-state index is 0.124. The summed E-state index contributed by atoms with van der Waals surface area (Å²) in [5.74, 6) is 0.430. The van der Waals surface area contributed by atoms with Gasteiger partial charge in [-0.05, 0) is 54.3 Å². The van der Waals surface area contributed by atoms with E-state index in [1.807, 2.05) is 6.07 Å². The molecule has 2 rings (SSSR count). The lowest BCUT2D eigenvalue weighted by molar-refractivity contribution is 0.283. The minimum Gasteiger partial charge on any atom is -0.508 e. The lowest BCUT2D eigenvalue weighted by atomic mass is 9.72. The van der Waals surface area contributed by atoms with Crippen molar-refractivity contribution in [2.45, 2.75) is 65.3 Å². The number of nitrogens with one attached hydrogen (secondary N) is 1. The standard InChI is InChI=1S/C18H29NO/c1-17(2,3)12-18(4,5)13-8-9-16(20)14(11-13)15-7-6-10-19-15/h8-9,11,15,19-20H,6-7,10,12H2,1-5H3. The van der Waals surface area contributed by atoms with E-state index in [0.717, 1.165) is 24.9 Å². The number of rotatable bonds is 3. The van der Waals surface area contributed by atoms with Crippen molar-refractivity contribution in [3.63, 3.8) is 0 Å². The maximum atomic E-state index is 10.2.